The molecule has 0 aliphatic carbocycles. The number of aryl methyl sites for hydroxylation is 1. The van der Waals surface area contributed by atoms with Crippen LogP contribution in [0.4, 0.5) is 0 Å². The molecule has 2 N–H and O–H groups in total. The van der Waals surface area contributed by atoms with Crippen LogP contribution in [0.3, 0.4) is 0 Å². The number of carbonyl (C=O) groups excluding carboxylic acids is 1. The fourth-order valence-corrected chi connectivity index (χ4v) is 1.01. The van der Waals surface area contributed by atoms with Gasteiger partial charge in [0.25, 0.3) is 0 Å². The van der Waals surface area contributed by atoms with Gasteiger partial charge >= 0.3 is 0 Å². The van der Waals surface area contributed by atoms with Crippen molar-refractivity contribution in [3.8, 4) is 0 Å². The Labute approximate surface area is 81.1 Å². The van der Waals surface area contributed by atoms with Gasteiger partial charge in [-0.25, -0.2) is 5.06 Å². The van der Waals surface area contributed by atoms with Crippen LogP contribution in [0.15, 0.2) is 0 Å². The number of nitrogens with zero attached hydrogens (tertiary/aromatic N) is 4. The minimum absolute atomic E-state index is 0.280. The first-order valence-corrected chi connectivity index (χ1v) is 4.38. The van der Waals surface area contributed by atoms with Crippen LogP contribution >= 0.6 is 0 Å². The predicted octanol–water partition coefficient (Wildman–Crippen LogP) is -0.240. The minimum Gasteiger partial charge on any atom is -0.286 e. The molecule has 0 unspecified atom stereocenters. The molecule has 7 heteroatoms. The number of H-pyrrole nitrogens is 1. The topological polar surface area (TPSA) is 95.0 Å². The van der Waals surface area contributed by atoms with Crippen molar-refractivity contribution in [2.45, 2.75) is 25.7 Å². The van der Waals surface area contributed by atoms with Gasteiger partial charge in [0.1, 0.15) is 0 Å². The average molecular weight is 199 g/mol. The third-order valence-corrected chi connectivity index (χ3v) is 1.79. The Bertz CT molecular complexity index is 272. The van der Waals surface area contributed by atoms with Gasteiger partial charge in [-0.15, -0.1) is 10.2 Å². The van der Waals surface area contributed by atoms with Gasteiger partial charge in [-0.1, -0.05) is 5.21 Å². The summed E-state index contributed by atoms with van der Waals surface area (Å²) in [6.45, 7) is 0. The number of unbranched alkanes of at least 4 members (excludes halogenated alkanes) is 1. The summed E-state index contributed by atoms with van der Waals surface area (Å²) in [4.78, 5) is 10.9. The first-order chi connectivity index (χ1) is 6.70. The number of hydroxylamine groups is 2. The zero-order valence-electron chi connectivity index (χ0n) is 7.97. The van der Waals surface area contributed by atoms with E-state index in [1.165, 1.54) is 7.05 Å². The van der Waals surface area contributed by atoms with Gasteiger partial charge in [0.2, 0.25) is 5.91 Å². The normalized spacial score (nSPS) is 10.1. The van der Waals surface area contributed by atoms with Crippen LogP contribution in [-0.2, 0) is 11.2 Å². The van der Waals surface area contributed by atoms with Crippen molar-refractivity contribution in [3.05, 3.63) is 5.82 Å². The first kappa shape index (κ1) is 10.6. The summed E-state index contributed by atoms with van der Waals surface area (Å²) in [6.07, 6.45) is 2.54. The van der Waals surface area contributed by atoms with Crippen LogP contribution in [0.1, 0.15) is 25.1 Å². The Morgan fingerprint density at radius 1 is 1.57 bits per heavy atom. The molecule has 0 aliphatic heterocycles. The van der Waals surface area contributed by atoms with Gasteiger partial charge in [-0.2, -0.15) is 5.21 Å². The van der Waals surface area contributed by atoms with Crippen LogP contribution < -0.4 is 0 Å². The monoisotopic (exact) mass is 199 g/mol. The van der Waals surface area contributed by atoms with Crippen molar-refractivity contribution in [2.24, 2.45) is 0 Å². The molecule has 7 nitrogen and oxygen atoms in total. The molecule has 1 rings (SSSR count). The summed E-state index contributed by atoms with van der Waals surface area (Å²) in [6, 6.07) is 0. The van der Waals surface area contributed by atoms with Gasteiger partial charge in [0.15, 0.2) is 5.82 Å². The number of carbonyl (C=O) groups is 1. The summed E-state index contributed by atoms with van der Waals surface area (Å²) in [5.74, 6) is 0.368. The maximum absolute atomic E-state index is 10.9. The molecule has 14 heavy (non-hydrogen) atoms. The van der Waals surface area contributed by atoms with E-state index in [-0.39, 0.29) is 5.91 Å². The van der Waals surface area contributed by atoms with Crippen LogP contribution in [0.5, 0.6) is 0 Å². The van der Waals surface area contributed by atoms with Gasteiger partial charge in [0.05, 0.1) is 0 Å². The Balaban J connectivity index is 2.08. The van der Waals surface area contributed by atoms with E-state index in [9.17, 15) is 4.79 Å². The van der Waals surface area contributed by atoms with E-state index < -0.39 is 0 Å². The molecule has 0 fully saturated rings. The lowest BCUT2D eigenvalue weighted by atomic mass is 10.2. The zero-order valence-corrected chi connectivity index (χ0v) is 7.97. The van der Waals surface area contributed by atoms with Gasteiger partial charge in [0, 0.05) is 19.9 Å². The molecule has 1 aromatic heterocycles. The third kappa shape index (κ3) is 3.48. The van der Waals surface area contributed by atoms with Crippen molar-refractivity contribution >= 4 is 5.91 Å². The summed E-state index contributed by atoms with van der Waals surface area (Å²) in [5.41, 5.74) is 0. The quantitative estimate of drug-likeness (QED) is 0.387. The molecule has 0 radical (unpaired) electrons. The number of amides is 1. The lowest BCUT2D eigenvalue weighted by molar-refractivity contribution is -0.159. The van der Waals surface area contributed by atoms with Crippen molar-refractivity contribution in [1.29, 1.82) is 0 Å². The molecule has 1 amide bonds. The summed E-state index contributed by atoms with van der Waals surface area (Å²) in [5, 5.41) is 22.7. The fraction of sp³-hybridized carbons (Fsp3) is 0.714. The number of aromatic amines is 1. The van der Waals surface area contributed by atoms with Gasteiger partial charge < -0.3 is 0 Å². The summed E-state index contributed by atoms with van der Waals surface area (Å²) >= 11 is 0. The van der Waals surface area contributed by atoms with Crippen molar-refractivity contribution in [2.75, 3.05) is 7.05 Å². The number of nitrogens with one attached hydrogen (secondary N) is 1. The number of hydrogen-bond acceptors (Lipinski definition) is 5. The summed E-state index contributed by atoms with van der Waals surface area (Å²) in [7, 11) is 1.32. The standard InChI is InChI=1S/C7H13N5O2/c1-12(14)7(13)5-3-2-4-6-8-10-11-9-6/h14H,2-5H2,1H3,(H,8,9,10,11). The second kappa shape index (κ2) is 5.28. The smallest absolute Gasteiger partial charge is 0.245 e. The Hall–Kier alpha value is -1.50. The molecule has 0 spiro atoms. The minimum atomic E-state index is -0.280. The average Bonchev–Trinajstić information content (AvgIpc) is 2.64. The van der Waals surface area contributed by atoms with E-state index in [4.69, 9.17) is 5.21 Å². The van der Waals surface area contributed by atoms with Crippen molar-refractivity contribution in [3.63, 3.8) is 0 Å². The van der Waals surface area contributed by atoms with Crippen LogP contribution in [-0.4, -0.2) is 43.8 Å². The van der Waals surface area contributed by atoms with Crippen LogP contribution in [0, 0.1) is 0 Å². The van der Waals surface area contributed by atoms with E-state index in [0.717, 1.165) is 6.42 Å². The van der Waals surface area contributed by atoms with E-state index in [1.807, 2.05) is 0 Å². The molecule has 1 aromatic rings. The molecule has 1 heterocycles. The number of hydrogen-bond donors (Lipinski definition) is 2. The molecule has 0 saturated carbocycles. The molecule has 0 aromatic carbocycles. The number of aromatic nitrogens is 4. The van der Waals surface area contributed by atoms with Gasteiger partial charge in [-0.05, 0) is 12.8 Å². The fourth-order valence-electron chi connectivity index (χ4n) is 1.01. The SMILES string of the molecule is CN(O)C(=O)CCCCc1nn[nH]n1. The highest BCUT2D eigenvalue weighted by Gasteiger charge is 2.05. The molecule has 0 atom stereocenters. The highest BCUT2D eigenvalue weighted by Crippen LogP contribution is 2.01. The largest absolute Gasteiger partial charge is 0.286 e. The molecule has 0 bridgehead atoms. The number of tetrazole rings is 1. The Morgan fingerprint density at radius 3 is 2.93 bits per heavy atom. The molecular weight excluding hydrogens is 186 g/mol. The predicted molar refractivity (Wildman–Crippen MR) is 46.3 cm³/mol. The molecule has 78 valence electrons. The lowest BCUT2D eigenvalue weighted by Crippen LogP contribution is -2.21. The first-order valence-electron chi connectivity index (χ1n) is 4.38. The lowest BCUT2D eigenvalue weighted by Gasteiger charge is -2.06. The highest BCUT2D eigenvalue weighted by molar-refractivity contribution is 5.74. The zero-order chi connectivity index (χ0) is 10.4. The maximum Gasteiger partial charge on any atom is 0.245 e. The van der Waals surface area contributed by atoms with Gasteiger partial charge in [-0.3, -0.25) is 10.0 Å². The number of rotatable bonds is 5. The second-order valence-corrected chi connectivity index (χ2v) is 2.95. The Kier molecular flexibility index (Phi) is 3.99. The van der Waals surface area contributed by atoms with E-state index >= 15 is 0 Å². The molecule has 0 saturated heterocycles. The summed E-state index contributed by atoms with van der Waals surface area (Å²) < 4.78 is 0. The molecular formula is C7H13N5O2. The third-order valence-electron chi connectivity index (χ3n) is 1.79. The molecule has 0 aliphatic rings. The second-order valence-electron chi connectivity index (χ2n) is 2.95. The van der Waals surface area contributed by atoms with Crippen molar-refractivity contribution < 1.29 is 10.0 Å². The Morgan fingerprint density at radius 2 is 2.36 bits per heavy atom. The van der Waals surface area contributed by atoms with Crippen molar-refractivity contribution in [1.82, 2.24) is 25.7 Å². The highest BCUT2D eigenvalue weighted by atomic mass is 16.5. The van der Waals surface area contributed by atoms with E-state index in [2.05, 4.69) is 20.6 Å². The maximum atomic E-state index is 10.9. The van der Waals surface area contributed by atoms with E-state index in [1.54, 1.807) is 0 Å². The van der Waals surface area contributed by atoms with E-state index in [0.29, 0.717) is 30.2 Å². The van der Waals surface area contributed by atoms with Crippen LogP contribution in [0.2, 0.25) is 0 Å². The van der Waals surface area contributed by atoms with Crippen LogP contribution in [0.25, 0.3) is 0 Å².